The van der Waals surface area contributed by atoms with E-state index < -0.39 is 0 Å². The summed E-state index contributed by atoms with van der Waals surface area (Å²) in [6.45, 7) is 7.95. The van der Waals surface area contributed by atoms with Crippen LogP contribution in [0.3, 0.4) is 0 Å². The van der Waals surface area contributed by atoms with E-state index in [9.17, 15) is 0 Å². The molecule has 1 aromatic heterocycles. The normalized spacial score (nSPS) is 16.6. The summed E-state index contributed by atoms with van der Waals surface area (Å²) in [5, 5.41) is 1.89. The van der Waals surface area contributed by atoms with Gasteiger partial charge in [0.15, 0.2) is 0 Å². The summed E-state index contributed by atoms with van der Waals surface area (Å²) < 4.78 is 0. The molecule has 1 aliphatic rings. The molecule has 2 aromatic rings. The lowest BCUT2D eigenvalue weighted by molar-refractivity contribution is 0.264. The Hall–Kier alpha value is -1.36. The van der Waals surface area contributed by atoms with Crippen LogP contribution >= 0.6 is 11.6 Å². The van der Waals surface area contributed by atoms with Crippen LogP contribution in [0.5, 0.6) is 0 Å². The fourth-order valence-electron chi connectivity index (χ4n) is 2.89. The largest absolute Gasteiger partial charge is 0.354 e. The molecule has 1 saturated heterocycles. The van der Waals surface area contributed by atoms with Crippen LogP contribution < -0.4 is 10.6 Å². The lowest BCUT2D eigenvalue weighted by atomic mass is 10.1. The fourth-order valence-corrected chi connectivity index (χ4v) is 3.07. The molecule has 1 aliphatic heterocycles. The van der Waals surface area contributed by atoms with Crippen molar-refractivity contribution in [2.75, 3.05) is 44.2 Å². The zero-order chi connectivity index (χ0) is 14.8. The number of pyridine rings is 1. The Balaban J connectivity index is 1.83. The number of nitrogens with two attached hydrogens (primary N) is 1. The zero-order valence-electron chi connectivity index (χ0n) is 12.3. The average molecular weight is 305 g/mol. The van der Waals surface area contributed by atoms with Crippen LogP contribution in [0.2, 0.25) is 5.02 Å². The summed E-state index contributed by atoms with van der Waals surface area (Å²) in [5.41, 5.74) is 7.86. The van der Waals surface area contributed by atoms with E-state index in [1.165, 1.54) is 5.56 Å². The molecule has 0 unspecified atom stereocenters. The van der Waals surface area contributed by atoms with Crippen LogP contribution in [0.25, 0.3) is 10.9 Å². The lowest BCUT2D eigenvalue weighted by Crippen LogP contribution is -2.48. The van der Waals surface area contributed by atoms with Crippen LogP contribution in [-0.2, 0) is 0 Å². The number of rotatable bonds is 3. The van der Waals surface area contributed by atoms with Crippen molar-refractivity contribution >= 4 is 28.3 Å². The van der Waals surface area contributed by atoms with Crippen LogP contribution in [0.4, 0.5) is 5.82 Å². The van der Waals surface area contributed by atoms with Crippen molar-refractivity contribution < 1.29 is 0 Å². The third-order valence-corrected chi connectivity index (χ3v) is 4.34. The predicted octanol–water partition coefficient (Wildman–Crippen LogP) is 2.28. The molecule has 2 heterocycles. The smallest absolute Gasteiger partial charge is 0.129 e. The maximum absolute atomic E-state index is 6.07. The molecule has 0 aliphatic carbocycles. The highest BCUT2D eigenvalue weighted by Crippen LogP contribution is 2.25. The second-order valence-electron chi connectivity index (χ2n) is 5.58. The Morgan fingerprint density at radius 3 is 2.67 bits per heavy atom. The topological polar surface area (TPSA) is 45.4 Å². The Labute approximate surface area is 130 Å². The number of halogens is 1. The van der Waals surface area contributed by atoms with Crippen LogP contribution in [-0.4, -0.2) is 49.2 Å². The van der Waals surface area contributed by atoms with E-state index in [1.54, 1.807) is 0 Å². The SMILES string of the molecule is Cc1cc(N2CCN(CCN)CC2)nc2ccc(Cl)cc12. The molecule has 1 fully saturated rings. The quantitative estimate of drug-likeness (QED) is 0.945. The summed E-state index contributed by atoms with van der Waals surface area (Å²) in [4.78, 5) is 9.56. The molecule has 5 heteroatoms. The fraction of sp³-hybridized carbons (Fsp3) is 0.438. The molecular weight excluding hydrogens is 284 g/mol. The molecule has 2 N–H and O–H groups in total. The number of aromatic nitrogens is 1. The first-order valence-corrected chi connectivity index (χ1v) is 7.79. The van der Waals surface area contributed by atoms with Gasteiger partial charge in [0, 0.05) is 49.7 Å². The Bertz CT molecular complexity index is 635. The molecular formula is C16H21ClN4. The van der Waals surface area contributed by atoms with Gasteiger partial charge in [-0.3, -0.25) is 4.90 Å². The number of fused-ring (bicyclic) bond motifs is 1. The Morgan fingerprint density at radius 2 is 1.95 bits per heavy atom. The number of benzene rings is 1. The molecule has 0 atom stereocenters. The summed E-state index contributed by atoms with van der Waals surface area (Å²) in [6, 6.07) is 8.05. The van der Waals surface area contributed by atoms with Gasteiger partial charge in [-0.15, -0.1) is 0 Å². The van der Waals surface area contributed by atoms with E-state index in [2.05, 4.69) is 22.8 Å². The number of hydrogen-bond donors (Lipinski definition) is 1. The van der Waals surface area contributed by atoms with Crippen molar-refractivity contribution in [3.63, 3.8) is 0 Å². The molecule has 0 saturated carbocycles. The first kappa shape index (κ1) is 14.6. The van der Waals surface area contributed by atoms with Gasteiger partial charge in [-0.1, -0.05) is 11.6 Å². The van der Waals surface area contributed by atoms with Gasteiger partial charge in [0.25, 0.3) is 0 Å². The number of hydrogen-bond acceptors (Lipinski definition) is 4. The van der Waals surface area contributed by atoms with Crippen molar-refractivity contribution in [1.29, 1.82) is 0 Å². The third kappa shape index (κ3) is 3.12. The van der Waals surface area contributed by atoms with Crippen LogP contribution in [0.1, 0.15) is 5.56 Å². The first-order chi connectivity index (χ1) is 10.2. The summed E-state index contributed by atoms with van der Waals surface area (Å²) in [6.07, 6.45) is 0. The first-order valence-electron chi connectivity index (χ1n) is 7.41. The van der Waals surface area contributed by atoms with Crippen molar-refractivity contribution in [1.82, 2.24) is 9.88 Å². The van der Waals surface area contributed by atoms with Gasteiger partial charge >= 0.3 is 0 Å². The summed E-state index contributed by atoms with van der Waals surface area (Å²) >= 11 is 6.07. The average Bonchev–Trinajstić information content (AvgIpc) is 2.49. The molecule has 4 nitrogen and oxygen atoms in total. The minimum absolute atomic E-state index is 0.730. The maximum Gasteiger partial charge on any atom is 0.129 e. The second kappa shape index (κ2) is 6.18. The van der Waals surface area contributed by atoms with Gasteiger partial charge in [0.1, 0.15) is 5.82 Å². The number of piperazine rings is 1. The van der Waals surface area contributed by atoms with E-state index in [0.717, 1.165) is 61.0 Å². The molecule has 112 valence electrons. The van der Waals surface area contributed by atoms with Gasteiger partial charge in [-0.2, -0.15) is 0 Å². The van der Waals surface area contributed by atoms with Crippen LogP contribution in [0.15, 0.2) is 24.3 Å². The molecule has 3 rings (SSSR count). The van der Waals surface area contributed by atoms with E-state index in [1.807, 2.05) is 18.2 Å². The second-order valence-corrected chi connectivity index (χ2v) is 6.01. The van der Waals surface area contributed by atoms with Crippen LogP contribution in [0, 0.1) is 6.92 Å². The van der Waals surface area contributed by atoms with Crippen molar-refractivity contribution in [3.05, 3.63) is 34.9 Å². The number of anilines is 1. The lowest BCUT2D eigenvalue weighted by Gasteiger charge is -2.35. The summed E-state index contributed by atoms with van der Waals surface area (Å²) in [5.74, 6) is 1.06. The van der Waals surface area contributed by atoms with Gasteiger partial charge in [-0.05, 0) is 36.8 Å². The van der Waals surface area contributed by atoms with Crippen molar-refractivity contribution in [3.8, 4) is 0 Å². The van der Waals surface area contributed by atoms with Crippen molar-refractivity contribution in [2.45, 2.75) is 6.92 Å². The minimum atomic E-state index is 0.730. The number of nitrogens with zero attached hydrogens (tertiary/aromatic N) is 3. The Kier molecular flexibility index (Phi) is 4.29. The molecule has 21 heavy (non-hydrogen) atoms. The standard InChI is InChI=1S/C16H21ClN4/c1-12-10-16(19-15-3-2-13(17)11-14(12)15)21-8-6-20(5-4-18)7-9-21/h2-3,10-11H,4-9,18H2,1H3. The van der Waals surface area contributed by atoms with Gasteiger partial charge < -0.3 is 10.6 Å². The van der Waals surface area contributed by atoms with E-state index >= 15 is 0 Å². The molecule has 0 amide bonds. The van der Waals surface area contributed by atoms with Gasteiger partial charge in [-0.25, -0.2) is 4.98 Å². The highest BCUT2D eigenvalue weighted by atomic mass is 35.5. The monoisotopic (exact) mass is 304 g/mol. The van der Waals surface area contributed by atoms with E-state index in [0.29, 0.717) is 0 Å². The minimum Gasteiger partial charge on any atom is -0.354 e. The predicted molar refractivity (Wildman–Crippen MR) is 89.2 cm³/mol. The molecule has 0 radical (unpaired) electrons. The van der Waals surface area contributed by atoms with E-state index in [4.69, 9.17) is 22.3 Å². The van der Waals surface area contributed by atoms with Gasteiger partial charge in [0.05, 0.1) is 5.52 Å². The van der Waals surface area contributed by atoms with Crippen molar-refractivity contribution in [2.24, 2.45) is 5.73 Å². The molecule has 1 aromatic carbocycles. The zero-order valence-corrected chi connectivity index (χ0v) is 13.1. The Morgan fingerprint density at radius 1 is 1.19 bits per heavy atom. The number of aryl methyl sites for hydroxylation is 1. The highest BCUT2D eigenvalue weighted by molar-refractivity contribution is 6.31. The molecule has 0 bridgehead atoms. The maximum atomic E-state index is 6.07. The third-order valence-electron chi connectivity index (χ3n) is 4.11. The molecule has 0 spiro atoms. The van der Waals surface area contributed by atoms with E-state index in [-0.39, 0.29) is 0 Å². The van der Waals surface area contributed by atoms with Gasteiger partial charge in [0.2, 0.25) is 0 Å². The summed E-state index contributed by atoms with van der Waals surface area (Å²) in [7, 11) is 0. The highest BCUT2D eigenvalue weighted by Gasteiger charge is 2.18.